The van der Waals surface area contributed by atoms with Gasteiger partial charge in [-0.2, -0.15) is 5.26 Å². The number of nitriles is 1. The Balaban J connectivity index is 1.78. The van der Waals surface area contributed by atoms with Crippen LogP contribution in [0.3, 0.4) is 0 Å². The molecule has 6 heteroatoms. The Kier molecular flexibility index (Phi) is 4.61. The number of amides is 1. The molecule has 0 bridgehead atoms. The molecule has 1 atom stereocenters. The minimum Gasteiger partial charge on any atom is -0.335 e. The lowest BCUT2D eigenvalue weighted by atomic mass is 10.0. The van der Waals surface area contributed by atoms with Gasteiger partial charge in [0.1, 0.15) is 17.6 Å². The molecule has 124 valence electrons. The Morgan fingerprint density at radius 1 is 1.46 bits per heavy atom. The molecule has 0 spiro atoms. The zero-order chi connectivity index (χ0) is 17.1. The summed E-state index contributed by atoms with van der Waals surface area (Å²) >= 11 is 0. The molecule has 3 rings (SSSR count). The fourth-order valence-electron chi connectivity index (χ4n) is 3.28. The first-order valence-corrected chi connectivity index (χ1v) is 8.32. The second-order valence-corrected chi connectivity index (χ2v) is 6.09. The lowest BCUT2D eigenvalue weighted by Gasteiger charge is -2.34. The normalized spacial score (nSPS) is 17.5. The number of likely N-dealkylation sites (tertiary alicyclic amines) is 1. The second-order valence-electron chi connectivity index (χ2n) is 6.09. The molecule has 0 N–H and O–H groups in total. The number of imidazole rings is 1. The Morgan fingerprint density at radius 3 is 3.00 bits per heavy atom. The number of carbonyl (C=O) groups is 1. The van der Waals surface area contributed by atoms with E-state index in [0.29, 0.717) is 23.5 Å². The largest absolute Gasteiger partial charge is 0.335 e. The first-order chi connectivity index (χ1) is 11.6. The molecule has 3 heterocycles. The highest BCUT2D eigenvalue weighted by molar-refractivity contribution is 5.92. The monoisotopic (exact) mass is 323 g/mol. The van der Waals surface area contributed by atoms with Crippen LogP contribution in [0.5, 0.6) is 0 Å². The van der Waals surface area contributed by atoms with Crippen molar-refractivity contribution in [1.82, 2.24) is 19.4 Å². The van der Waals surface area contributed by atoms with Crippen molar-refractivity contribution in [3.63, 3.8) is 0 Å². The summed E-state index contributed by atoms with van der Waals surface area (Å²) in [5.41, 5.74) is 1.52. The van der Waals surface area contributed by atoms with E-state index in [4.69, 9.17) is 5.26 Å². The molecule has 1 aliphatic heterocycles. The van der Waals surface area contributed by atoms with Gasteiger partial charge in [0.25, 0.3) is 5.91 Å². The molecule has 0 aromatic carbocycles. The van der Waals surface area contributed by atoms with Crippen LogP contribution < -0.4 is 0 Å². The van der Waals surface area contributed by atoms with E-state index in [1.54, 1.807) is 19.1 Å². The summed E-state index contributed by atoms with van der Waals surface area (Å²) in [6, 6.07) is 5.66. The minimum absolute atomic E-state index is 0.0644. The Bertz CT molecular complexity index is 789. The number of carbonyl (C=O) groups excluding carboxylic acids is 1. The van der Waals surface area contributed by atoms with Crippen molar-refractivity contribution in [3.8, 4) is 6.07 Å². The van der Waals surface area contributed by atoms with E-state index in [-0.39, 0.29) is 11.9 Å². The molecular formula is C18H21N5O. The molecule has 0 saturated carbocycles. The van der Waals surface area contributed by atoms with Crippen LogP contribution in [0.2, 0.25) is 0 Å². The first-order valence-electron chi connectivity index (χ1n) is 8.32. The molecule has 0 aliphatic carbocycles. The Labute approximate surface area is 141 Å². The van der Waals surface area contributed by atoms with Crippen molar-refractivity contribution >= 4 is 5.91 Å². The first kappa shape index (κ1) is 16.2. The van der Waals surface area contributed by atoms with Gasteiger partial charge in [-0.05, 0) is 31.9 Å². The van der Waals surface area contributed by atoms with Gasteiger partial charge in [0.15, 0.2) is 0 Å². The van der Waals surface area contributed by atoms with E-state index in [1.807, 2.05) is 17.3 Å². The van der Waals surface area contributed by atoms with E-state index < -0.39 is 0 Å². The zero-order valence-corrected chi connectivity index (χ0v) is 14.1. The Morgan fingerprint density at radius 2 is 2.29 bits per heavy atom. The number of hydrogen-bond acceptors (Lipinski definition) is 4. The maximum Gasteiger partial charge on any atom is 0.272 e. The van der Waals surface area contributed by atoms with Crippen LogP contribution in [-0.4, -0.2) is 38.4 Å². The van der Waals surface area contributed by atoms with Crippen LogP contribution >= 0.6 is 0 Å². The molecule has 1 fully saturated rings. The Hall–Kier alpha value is -2.68. The smallest absolute Gasteiger partial charge is 0.272 e. The SMILES string of the molecule is CCc1nccn1[C@H]1CCCN(C(=O)c2ccc(C#N)c(C)n2)C1. The molecular weight excluding hydrogens is 302 g/mol. The molecule has 1 saturated heterocycles. The molecule has 2 aromatic rings. The third-order valence-corrected chi connectivity index (χ3v) is 4.57. The van der Waals surface area contributed by atoms with E-state index in [0.717, 1.165) is 31.6 Å². The van der Waals surface area contributed by atoms with E-state index in [1.165, 1.54) is 0 Å². The summed E-state index contributed by atoms with van der Waals surface area (Å²) in [4.78, 5) is 23.3. The maximum atomic E-state index is 12.8. The highest BCUT2D eigenvalue weighted by Gasteiger charge is 2.27. The van der Waals surface area contributed by atoms with Gasteiger partial charge < -0.3 is 9.47 Å². The molecule has 1 amide bonds. The van der Waals surface area contributed by atoms with Gasteiger partial charge in [-0.3, -0.25) is 4.79 Å². The summed E-state index contributed by atoms with van der Waals surface area (Å²) in [5, 5.41) is 8.99. The van der Waals surface area contributed by atoms with Gasteiger partial charge in [-0.15, -0.1) is 0 Å². The highest BCUT2D eigenvalue weighted by atomic mass is 16.2. The number of pyridine rings is 1. The predicted octanol–water partition coefficient (Wildman–Crippen LogP) is 2.50. The second kappa shape index (κ2) is 6.83. The lowest BCUT2D eigenvalue weighted by Crippen LogP contribution is -2.41. The van der Waals surface area contributed by atoms with E-state index >= 15 is 0 Å². The average molecular weight is 323 g/mol. The maximum absolute atomic E-state index is 12.8. The van der Waals surface area contributed by atoms with Gasteiger partial charge in [0.05, 0.1) is 17.3 Å². The van der Waals surface area contributed by atoms with Crippen LogP contribution in [0.25, 0.3) is 0 Å². The van der Waals surface area contributed by atoms with Gasteiger partial charge in [0.2, 0.25) is 0 Å². The van der Waals surface area contributed by atoms with Crippen molar-refractivity contribution in [2.45, 2.75) is 39.2 Å². The van der Waals surface area contributed by atoms with Gasteiger partial charge >= 0.3 is 0 Å². The third kappa shape index (κ3) is 3.02. The van der Waals surface area contributed by atoms with Crippen molar-refractivity contribution in [3.05, 3.63) is 47.3 Å². The van der Waals surface area contributed by atoms with Crippen molar-refractivity contribution < 1.29 is 4.79 Å². The van der Waals surface area contributed by atoms with Gasteiger partial charge in [-0.1, -0.05) is 6.92 Å². The van der Waals surface area contributed by atoms with Crippen LogP contribution in [0.15, 0.2) is 24.5 Å². The number of aryl methyl sites for hydroxylation is 2. The summed E-state index contributed by atoms with van der Waals surface area (Å²) in [6.07, 6.45) is 6.72. The summed E-state index contributed by atoms with van der Waals surface area (Å²) in [6.45, 7) is 5.26. The fourth-order valence-corrected chi connectivity index (χ4v) is 3.28. The van der Waals surface area contributed by atoms with Crippen molar-refractivity contribution in [1.29, 1.82) is 5.26 Å². The van der Waals surface area contributed by atoms with Crippen LogP contribution in [0, 0.1) is 18.3 Å². The predicted molar refractivity (Wildman–Crippen MR) is 89.5 cm³/mol. The molecule has 6 nitrogen and oxygen atoms in total. The van der Waals surface area contributed by atoms with E-state index in [9.17, 15) is 4.79 Å². The van der Waals surface area contributed by atoms with E-state index in [2.05, 4.69) is 27.5 Å². The molecule has 0 radical (unpaired) electrons. The van der Waals surface area contributed by atoms with Crippen LogP contribution in [-0.2, 0) is 6.42 Å². The molecule has 2 aromatic heterocycles. The van der Waals surface area contributed by atoms with Gasteiger partial charge in [-0.25, -0.2) is 9.97 Å². The summed E-state index contributed by atoms with van der Waals surface area (Å²) < 4.78 is 2.19. The minimum atomic E-state index is -0.0644. The highest BCUT2D eigenvalue weighted by Crippen LogP contribution is 2.24. The lowest BCUT2D eigenvalue weighted by molar-refractivity contribution is 0.0672. The van der Waals surface area contributed by atoms with Crippen LogP contribution in [0.1, 0.15) is 53.4 Å². The zero-order valence-electron chi connectivity index (χ0n) is 14.1. The number of rotatable bonds is 3. The molecule has 1 aliphatic rings. The molecule has 24 heavy (non-hydrogen) atoms. The number of hydrogen-bond donors (Lipinski definition) is 0. The standard InChI is InChI=1S/C18H21N5O/c1-3-17-20-8-10-23(17)15-5-4-9-22(12-15)18(24)16-7-6-14(11-19)13(2)21-16/h6-8,10,15H,3-5,9,12H2,1-2H3/t15-/m0/s1. The summed E-state index contributed by atoms with van der Waals surface area (Å²) in [5.74, 6) is 0.993. The molecule has 0 unspecified atom stereocenters. The van der Waals surface area contributed by atoms with Crippen molar-refractivity contribution in [2.24, 2.45) is 0 Å². The summed E-state index contributed by atoms with van der Waals surface area (Å²) in [7, 11) is 0. The van der Waals surface area contributed by atoms with Crippen molar-refractivity contribution in [2.75, 3.05) is 13.1 Å². The van der Waals surface area contributed by atoms with Crippen LogP contribution in [0.4, 0.5) is 0 Å². The fraction of sp³-hybridized carbons (Fsp3) is 0.444. The third-order valence-electron chi connectivity index (χ3n) is 4.57. The van der Waals surface area contributed by atoms with Gasteiger partial charge in [0, 0.05) is 31.9 Å². The average Bonchev–Trinajstić information content (AvgIpc) is 3.10. The topological polar surface area (TPSA) is 74.8 Å². The number of piperidine rings is 1. The number of aromatic nitrogens is 3. The quantitative estimate of drug-likeness (QED) is 0.870. The number of nitrogens with zero attached hydrogens (tertiary/aromatic N) is 5.